The molecule has 0 saturated carbocycles. The first-order valence-electron chi connectivity index (χ1n) is 6.78. The lowest BCUT2D eigenvalue weighted by Gasteiger charge is -2.10. The summed E-state index contributed by atoms with van der Waals surface area (Å²) in [6.07, 6.45) is 6.56. The van der Waals surface area contributed by atoms with Crippen LogP contribution in [0.15, 0.2) is 45.9 Å². The molecule has 120 valence electrons. The third-order valence-electron chi connectivity index (χ3n) is 3.13. The monoisotopic (exact) mass is 332 g/mol. The van der Waals surface area contributed by atoms with Crippen LogP contribution in [-0.2, 0) is 16.6 Å². The number of hydrogen-bond acceptors (Lipinski definition) is 4. The maximum Gasteiger partial charge on any atom is 0.252 e. The van der Waals surface area contributed by atoms with E-state index in [9.17, 15) is 13.2 Å². The number of hydrogen-bond donors (Lipinski definition) is 2. The second-order valence-electron chi connectivity index (χ2n) is 4.77. The van der Waals surface area contributed by atoms with Crippen molar-refractivity contribution in [3.05, 3.63) is 53.5 Å². The fourth-order valence-electron chi connectivity index (χ4n) is 1.90. The predicted molar refractivity (Wildman–Crippen MR) is 85.1 cm³/mol. The molecular formula is C16H16N2O4S. The van der Waals surface area contributed by atoms with Gasteiger partial charge in [0.15, 0.2) is 0 Å². The molecule has 0 spiro atoms. The molecule has 0 aliphatic heterocycles. The van der Waals surface area contributed by atoms with Crippen LogP contribution in [0.3, 0.4) is 0 Å². The van der Waals surface area contributed by atoms with Gasteiger partial charge in [0.2, 0.25) is 10.0 Å². The lowest BCUT2D eigenvalue weighted by atomic mass is 10.1. The molecule has 6 nitrogen and oxygen atoms in total. The molecule has 1 amide bonds. The van der Waals surface area contributed by atoms with Crippen molar-refractivity contribution in [3.8, 4) is 12.3 Å². The summed E-state index contributed by atoms with van der Waals surface area (Å²) >= 11 is 0. The van der Waals surface area contributed by atoms with E-state index in [0.717, 1.165) is 0 Å². The molecule has 0 radical (unpaired) electrons. The molecule has 0 unspecified atom stereocenters. The zero-order valence-electron chi connectivity index (χ0n) is 12.5. The van der Waals surface area contributed by atoms with Gasteiger partial charge in [0.05, 0.1) is 24.2 Å². The molecule has 1 heterocycles. The maximum atomic E-state index is 12.3. The predicted octanol–water partition coefficient (Wildman–Crippen LogP) is 1.43. The second-order valence-corrected chi connectivity index (χ2v) is 6.53. The molecule has 0 aliphatic carbocycles. The first-order chi connectivity index (χ1) is 10.9. The van der Waals surface area contributed by atoms with Crippen LogP contribution in [0.4, 0.5) is 0 Å². The third kappa shape index (κ3) is 4.22. The summed E-state index contributed by atoms with van der Waals surface area (Å²) in [5, 5.41) is 2.52. The van der Waals surface area contributed by atoms with Crippen LogP contribution >= 0.6 is 0 Å². The zero-order chi connectivity index (χ0) is 16.9. The number of benzene rings is 1. The molecule has 0 atom stereocenters. The molecule has 23 heavy (non-hydrogen) atoms. The first-order valence-corrected chi connectivity index (χ1v) is 8.26. The van der Waals surface area contributed by atoms with Gasteiger partial charge in [-0.3, -0.25) is 4.79 Å². The van der Waals surface area contributed by atoms with E-state index in [1.807, 2.05) is 0 Å². The number of nitrogens with one attached hydrogen (secondary N) is 2. The van der Waals surface area contributed by atoms with Crippen LogP contribution in [-0.4, -0.2) is 20.9 Å². The van der Waals surface area contributed by atoms with Crippen LogP contribution in [0.5, 0.6) is 0 Å². The minimum Gasteiger partial charge on any atom is -0.468 e. The highest BCUT2D eigenvalue weighted by Gasteiger charge is 2.18. The van der Waals surface area contributed by atoms with Gasteiger partial charge in [-0.25, -0.2) is 13.1 Å². The normalized spacial score (nSPS) is 11.0. The fraction of sp³-hybridized carbons (Fsp3) is 0.188. The Morgan fingerprint density at radius 1 is 1.35 bits per heavy atom. The number of furan rings is 1. The van der Waals surface area contributed by atoms with Crippen LogP contribution in [0.2, 0.25) is 0 Å². The Bertz CT molecular complexity index is 833. The third-order valence-corrected chi connectivity index (χ3v) is 4.53. The molecule has 2 N–H and O–H groups in total. The molecule has 1 aromatic heterocycles. The van der Waals surface area contributed by atoms with E-state index < -0.39 is 15.9 Å². The Hall–Kier alpha value is -2.56. The average molecular weight is 332 g/mol. The number of rotatable bonds is 6. The van der Waals surface area contributed by atoms with Crippen molar-refractivity contribution >= 4 is 15.9 Å². The summed E-state index contributed by atoms with van der Waals surface area (Å²) in [5.41, 5.74) is 0.922. The summed E-state index contributed by atoms with van der Waals surface area (Å²) in [7, 11) is -3.76. The van der Waals surface area contributed by atoms with Gasteiger partial charge in [-0.15, -0.1) is 6.42 Å². The van der Waals surface area contributed by atoms with Gasteiger partial charge >= 0.3 is 0 Å². The Morgan fingerprint density at radius 3 is 2.78 bits per heavy atom. The summed E-state index contributed by atoms with van der Waals surface area (Å²) in [4.78, 5) is 12.0. The Kier molecular flexibility index (Phi) is 5.21. The van der Waals surface area contributed by atoms with E-state index in [2.05, 4.69) is 16.0 Å². The van der Waals surface area contributed by atoms with Crippen molar-refractivity contribution in [2.75, 3.05) is 6.54 Å². The second kappa shape index (κ2) is 7.13. The van der Waals surface area contributed by atoms with Crippen molar-refractivity contribution in [2.24, 2.45) is 0 Å². The fourth-order valence-corrected chi connectivity index (χ4v) is 2.92. The minimum atomic E-state index is -3.76. The highest BCUT2D eigenvalue weighted by Crippen LogP contribution is 2.16. The van der Waals surface area contributed by atoms with E-state index in [1.54, 1.807) is 25.1 Å². The van der Waals surface area contributed by atoms with Gasteiger partial charge in [-0.1, -0.05) is 12.0 Å². The van der Waals surface area contributed by atoms with Crippen molar-refractivity contribution < 1.29 is 17.6 Å². The number of carbonyl (C=O) groups excluding carboxylic acids is 1. The quantitative estimate of drug-likeness (QED) is 0.783. The Morgan fingerprint density at radius 2 is 2.13 bits per heavy atom. The van der Waals surface area contributed by atoms with Gasteiger partial charge < -0.3 is 9.73 Å². The molecule has 0 saturated heterocycles. The SMILES string of the molecule is C#CCNC(=O)c1cc(S(=O)(=O)NCc2ccco2)ccc1C. The summed E-state index contributed by atoms with van der Waals surface area (Å²) in [6.45, 7) is 1.82. The van der Waals surface area contributed by atoms with Gasteiger partial charge in [0.25, 0.3) is 5.91 Å². The van der Waals surface area contributed by atoms with Crippen molar-refractivity contribution in [1.29, 1.82) is 0 Å². The Balaban J connectivity index is 2.21. The summed E-state index contributed by atoms with van der Waals surface area (Å²) in [6, 6.07) is 7.68. The summed E-state index contributed by atoms with van der Waals surface area (Å²) < 4.78 is 32.1. The number of terminal acetylenes is 1. The van der Waals surface area contributed by atoms with E-state index >= 15 is 0 Å². The number of aryl methyl sites for hydroxylation is 1. The van der Waals surface area contributed by atoms with E-state index in [-0.39, 0.29) is 23.5 Å². The molecular weight excluding hydrogens is 316 g/mol. The topological polar surface area (TPSA) is 88.4 Å². The van der Waals surface area contributed by atoms with Gasteiger partial charge in [-0.2, -0.15) is 0 Å². The number of carbonyl (C=O) groups is 1. The van der Waals surface area contributed by atoms with Crippen molar-refractivity contribution in [1.82, 2.24) is 10.0 Å². The molecule has 7 heteroatoms. The number of sulfonamides is 1. The highest BCUT2D eigenvalue weighted by molar-refractivity contribution is 7.89. The molecule has 2 aromatic rings. The standard InChI is InChI=1S/C16H16N2O4S/c1-3-8-17-16(19)15-10-14(7-6-12(15)2)23(20,21)18-11-13-5-4-9-22-13/h1,4-7,9-10,18H,8,11H2,2H3,(H,17,19). The maximum absolute atomic E-state index is 12.3. The molecule has 0 fully saturated rings. The van der Waals surface area contributed by atoms with E-state index in [4.69, 9.17) is 10.8 Å². The van der Waals surface area contributed by atoms with Crippen LogP contribution in [0.1, 0.15) is 21.7 Å². The Labute approximate surface area is 134 Å². The first kappa shape index (κ1) is 16.8. The minimum absolute atomic E-state index is 0.000476. The number of amides is 1. The summed E-state index contributed by atoms with van der Waals surface area (Å²) in [5.74, 6) is 2.38. The van der Waals surface area contributed by atoms with Crippen molar-refractivity contribution in [2.45, 2.75) is 18.4 Å². The van der Waals surface area contributed by atoms with Gasteiger partial charge in [-0.05, 0) is 36.8 Å². The molecule has 0 aliphatic rings. The van der Waals surface area contributed by atoms with E-state index in [1.165, 1.54) is 18.4 Å². The average Bonchev–Trinajstić information content (AvgIpc) is 3.04. The van der Waals surface area contributed by atoms with E-state index in [0.29, 0.717) is 11.3 Å². The molecule has 2 rings (SSSR count). The van der Waals surface area contributed by atoms with Crippen LogP contribution in [0, 0.1) is 19.3 Å². The van der Waals surface area contributed by atoms with Crippen LogP contribution < -0.4 is 10.0 Å². The zero-order valence-corrected chi connectivity index (χ0v) is 13.3. The van der Waals surface area contributed by atoms with Gasteiger partial charge in [0.1, 0.15) is 5.76 Å². The highest BCUT2D eigenvalue weighted by atomic mass is 32.2. The molecule has 0 bridgehead atoms. The molecule has 1 aromatic carbocycles. The lowest BCUT2D eigenvalue weighted by molar-refractivity contribution is 0.0958. The van der Waals surface area contributed by atoms with Crippen LogP contribution in [0.25, 0.3) is 0 Å². The lowest BCUT2D eigenvalue weighted by Crippen LogP contribution is -2.26. The largest absolute Gasteiger partial charge is 0.468 e. The smallest absolute Gasteiger partial charge is 0.252 e. The van der Waals surface area contributed by atoms with Gasteiger partial charge in [0, 0.05) is 5.56 Å². The van der Waals surface area contributed by atoms with Crippen molar-refractivity contribution in [3.63, 3.8) is 0 Å².